The van der Waals surface area contributed by atoms with Gasteiger partial charge in [0.25, 0.3) is 0 Å². The van der Waals surface area contributed by atoms with E-state index in [0.29, 0.717) is 0 Å². The Morgan fingerprint density at radius 1 is 1.24 bits per heavy atom. The molecule has 0 fully saturated rings. The lowest BCUT2D eigenvalue weighted by Gasteiger charge is -2.05. The van der Waals surface area contributed by atoms with E-state index in [1.807, 2.05) is 30.5 Å². The van der Waals surface area contributed by atoms with E-state index in [1.165, 1.54) is 12.8 Å². The molecular weight excluding hydrogens is 260 g/mol. The van der Waals surface area contributed by atoms with Crippen molar-refractivity contribution >= 4 is 11.9 Å². The largest absolute Gasteiger partial charge is 0.368 e. The summed E-state index contributed by atoms with van der Waals surface area (Å²) in [6, 6.07) is 5.96. The molecule has 0 aliphatic carbocycles. The Morgan fingerprint density at radius 2 is 2.19 bits per heavy atom. The monoisotopic (exact) mass is 282 g/mol. The molecule has 0 aliphatic rings. The maximum atomic E-state index is 4.52. The molecule has 0 bridgehead atoms. The number of nitrogens with zero attached hydrogens (tertiary/aromatic N) is 3. The maximum absolute atomic E-state index is 4.52. The molecule has 2 rings (SSSR count). The van der Waals surface area contributed by atoms with Crippen LogP contribution in [-0.4, -0.2) is 21.5 Å². The number of pyridine rings is 1. The van der Waals surface area contributed by atoms with E-state index >= 15 is 0 Å². The molecule has 2 aromatic heterocycles. The maximum Gasteiger partial charge on any atom is 0.145 e. The zero-order valence-corrected chi connectivity index (χ0v) is 12.5. The molecule has 0 saturated heterocycles. The van der Waals surface area contributed by atoms with Crippen molar-refractivity contribution < 1.29 is 0 Å². The molecule has 2 heterocycles. The van der Waals surface area contributed by atoms with Gasteiger partial charge in [-0.2, -0.15) is 0 Å². The fourth-order valence-electron chi connectivity index (χ4n) is 1.94. The zero-order valence-electron chi connectivity index (χ0n) is 12.5. The molecule has 4 heteroatoms. The Hall–Kier alpha value is -2.23. The van der Waals surface area contributed by atoms with Crippen LogP contribution in [0.5, 0.6) is 0 Å². The fraction of sp³-hybridized carbons (Fsp3) is 0.353. The summed E-state index contributed by atoms with van der Waals surface area (Å²) in [5.74, 6) is 0.809. The first-order chi connectivity index (χ1) is 10.4. The number of hydrogen-bond acceptors (Lipinski definition) is 4. The van der Waals surface area contributed by atoms with Gasteiger partial charge < -0.3 is 5.32 Å². The van der Waals surface area contributed by atoms with E-state index in [1.54, 1.807) is 12.4 Å². The van der Waals surface area contributed by atoms with Crippen LogP contribution in [0.1, 0.15) is 37.6 Å². The molecule has 1 N–H and O–H groups in total. The predicted octanol–water partition coefficient (Wildman–Crippen LogP) is 3.73. The van der Waals surface area contributed by atoms with Crippen molar-refractivity contribution in [1.29, 1.82) is 0 Å². The number of hydrogen-bond donors (Lipinski definition) is 1. The van der Waals surface area contributed by atoms with E-state index < -0.39 is 0 Å². The SMILES string of the molecule is CCCC/C=C/c1cncc(NCCc2ccccn2)n1. The van der Waals surface area contributed by atoms with Gasteiger partial charge in [0.15, 0.2) is 0 Å². The molecule has 0 saturated carbocycles. The van der Waals surface area contributed by atoms with Crippen LogP contribution in [-0.2, 0) is 6.42 Å². The average molecular weight is 282 g/mol. The van der Waals surface area contributed by atoms with Crippen LogP contribution in [0.25, 0.3) is 6.08 Å². The number of rotatable bonds is 8. The van der Waals surface area contributed by atoms with Gasteiger partial charge in [0.1, 0.15) is 5.82 Å². The van der Waals surface area contributed by atoms with E-state index in [9.17, 15) is 0 Å². The lowest BCUT2D eigenvalue weighted by molar-refractivity contribution is 0.816. The number of unbranched alkanes of at least 4 members (excludes halogenated alkanes) is 2. The summed E-state index contributed by atoms with van der Waals surface area (Å²) in [6.45, 7) is 2.99. The van der Waals surface area contributed by atoms with Gasteiger partial charge in [-0.15, -0.1) is 0 Å². The minimum atomic E-state index is 0.800. The quantitative estimate of drug-likeness (QED) is 0.750. The average Bonchev–Trinajstić information content (AvgIpc) is 2.53. The van der Waals surface area contributed by atoms with Gasteiger partial charge >= 0.3 is 0 Å². The van der Waals surface area contributed by atoms with Crippen molar-refractivity contribution in [2.24, 2.45) is 0 Å². The molecule has 0 spiro atoms. The van der Waals surface area contributed by atoms with Crippen molar-refractivity contribution in [3.8, 4) is 0 Å². The highest BCUT2D eigenvalue weighted by atomic mass is 15.0. The third kappa shape index (κ3) is 5.73. The standard InChI is InChI=1S/C17H22N4/c1-2-3-4-5-9-16-13-18-14-17(21-16)20-12-10-15-8-6-7-11-19-15/h5-9,11,13-14H,2-4,10,12H2,1H3,(H,20,21)/b9-5+. The summed E-state index contributed by atoms with van der Waals surface area (Å²) in [5.41, 5.74) is 1.97. The summed E-state index contributed by atoms with van der Waals surface area (Å²) in [7, 11) is 0. The second-order valence-electron chi connectivity index (χ2n) is 4.87. The minimum absolute atomic E-state index is 0.800. The van der Waals surface area contributed by atoms with Crippen LogP contribution >= 0.6 is 0 Å². The summed E-state index contributed by atoms with van der Waals surface area (Å²) in [4.78, 5) is 13.0. The second-order valence-corrected chi connectivity index (χ2v) is 4.87. The van der Waals surface area contributed by atoms with Crippen LogP contribution in [0.2, 0.25) is 0 Å². The van der Waals surface area contributed by atoms with Gasteiger partial charge in [0.2, 0.25) is 0 Å². The first-order valence-electron chi connectivity index (χ1n) is 7.51. The third-order valence-electron chi connectivity index (χ3n) is 3.08. The van der Waals surface area contributed by atoms with Gasteiger partial charge in [-0.1, -0.05) is 31.9 Å². The Bertz CT molecular complexity index is 552. The van der Waals surface area contributed by atoms with Gasteiger partial charge in [-0.3, -0.25) is 9.97 Å². The van der Waals surface area contributed by atoms with Crippen molar-refractivity contribution in [1.82, 2.24) is 15.0 Å². The lowest BCUT2D eigenvalue weighted by Crippen LogP contribution is -2.07. The summed E-state index contributed by atoms with van der Waals surface area (Å²) in [6.07, 6.45) is 13.9. The topological polar surface area (TPSA) is 50.7 Å². The molecule has 0 aliphatic heterocycles. The molecular formula is C17H22N4. The third-order valence-corrected chi connectivity index (χ3v) is 3.08. The Labute approximate surface area is 126 Å². The first kappa shape index (κ1) is 15.2. The fourth-order valence-corrected chi connectivity index (χ4v) is 1.94. The Morgan fingerprint density at radius 3 is 3.00 bits per heavy atom. The van der Waals surface area contributed by atoms with Gasteiger partial charge in [0.05, 0.1) is 18.1 Å². The number of anilines is 1. The van der Waals surface area contributed by atoms with Crippen molar-refractivity contribution in [2.45, 2.75) is 32.6 Å². The summed E-state index contributed by atoms with van der Waals surface area (Å²) < 4.78 is 0. The molecule has 0 amide bonds. The second kappa shape index (κ2) is 8.84. The number of nitrogens with one attached hydrogen (secondary N) is 1. The zero-order chi connectivity index (χ0) is 14.8. The molecule has 0 aromatic carbocycles. The van der Waals surface area contributed by atoms with Crippen molar-refractivity contribution in [2.75, 3.05) is 11.9 Å². The van der Waals surface area contributed by atoms with Crippen LogP contribution in [0, 0.1) is 0 Å². The van der Waals surface area contributed by atoms with E-state index in [0.717, 1.165) is 36.6 Å². The van der Waals surface area contributed by atoms with Crippen molar-refractivity contribution in [3.63, 3.8) is 0 Å². The lowest BCUT2D eigenvalue weighted by atomic mass is 10.2. The predicted molar refractivity (Wildman–Crippen MR) is 87.0 cm³/mol. The van der Waals surface area contributed by atoms with E-state index in [4.69, 9.17) is 0 Å². The minimum Gasteiger partial charge on any atom is -0.368 e. The van der Waals surface area contributed by atoms with E-state index in [-0.39, 0.29) is 0 Å². The van der Waals surface area contributed by atoms with Crippen molar-refractivity contribution in [3.05, 3.63) is 54.3 Å². The molecule has 21 heavy (non-hydrogen) atoms. The highest BCUT2D eigenvalue weighted by Gasteiger charge is 1.97. The van der Waals surface area contributed by atoms with Crippen LogP contribution in [0.3, 0.4) is 0 Å². The van der Waals surface area contributed by atoms with Gasteiger partial charge in [-0.05, 0) is 24.6 Å². The molecule has 4 nitrogen and oxygen atoms in total. The highest BCUT2D eigenvalue weighted by Crippen LogP contribution is 2.06. The molecule has 2 aromatic rings. The highest BCUT2D eigenvalue weighted by molar-refractivity contribution is 5.46. The van der Waals surface area contributed by atoms with Gasteiger partial charge in [-0.25, -0.2) is 4.98 Å². The van der Waals surface area contributed by atoms with Crippen LogP contribution < -0.4 is 5.32 Å². The molecule has 110 valence electrons. The Kier molecular flexibility index (Phi) is 6.39. The van der Waals surface area contributed by atoms with Crippen LogP contribution in [0.4, 0.5) is 5.82 Å². The number of aromatic nitrogens is 3. The van der Waals surface area contributed by atoms with Gasteiger partial charge in [0, 0.05) is 24.9 Å². The molecule has 0 radical (unpaired) electrons. The number of allylic oxidation sites excluding steroid dienone is 1. The van der Waals surface area contributed by atoms with Crippen LogP contribution in [0.15, 0.2) is 42.9 Å². The molecule has 0 atom stereocenters. The molecule has 0 unspecified atom stereocenters. The smallest absolute Gasteiger partial charge is 0.145 e. The normalized spacial score (nSPS) is 10.9. The summed E-state index contributed by atoms with van der Waals surface area (Å²) in [5, 5.41) is 3.29. The van der Waals surface area contributed by atoms with E-state index in [2.05, 4.69) is 33.3 Å². The Balaban J connectivity index is 1.82. The first-order valence-corrected chi connectivity index (χ1v) is 7.51. The summed E-state index contributed by atoms with van der Waals surface area (Å²) >= 11 is 0.